The van der Waals surface area contributed by atoms with E-state index < -0.39 is 40.1 Å². The number of aliphatic hydroxyl groups excluding tert-OH is 2. The molecule has 1 aliphatic heterocycles. The first-order chi connectivity index (χ1) is 13.0. The number of hydrogen-bond donors (Lipinski definition) is 4. The normalized spacial score (nSPS) is 30.2. The van der Waals surface area contributed by atoms with Crippen LogP contribution in [0.15, 0.2) is 17.1 Å². The molecule has 0 spiro atoms. The minimum absolute atomic E-state index is 0.0589. The zero-order valence-electron chi connectivity index (χ0n) is 18.0. The number of aromatic nitrogens is 2. The van der Waals surface area contributed by atoms with Crippen LogP contribution in [0.3, 0.4) is 0 Å². The Balaban J connectivity index is 2.90. The first kappa shape index (κ1) is 23.4. The van der Waals surface area contributed by atoms with Crippen LogP contribution in [0.2, 0.25) is 0 Å². The Bertz CT molecular complexity index is 887. The summed E-state index contributed by atoms with van der Waals surface area (Å²) < 4.78 is 7.31. The molecule has 1 amide bonds. The number of nitrogens with one attached hydrogen (secondary N) is 1. The van der Waals surface area contributed by atoms with E-state index in [0.29, 0.717) is 0 Å². The predicted molar refractivity (Wildman–Crippen MR) is 111 cm³/mol. The van der Waals surface area contributed by atoms with Gasteiger partial charge in [-0.25, -0.2) is 4.79 Å². The van der Waals surface area contributed by atoms with Gasteiger partial charge in [-0.3, -0.25) is 9.36 Å². The summed E-state index contributed by atoms with van der Waals surface area (Å²) in [7, 11) is 1.14. The van der Waals surface area contributed by atoms with E-state index >= 15 is 0 Å². The molecule has 0 saturated carbocycles. The molecule has 0 aromatic carbocycles. The third-order valence-electron chi connectivity index (χ3n) is 5.46. The Labute approximate surface area is 172 Å². The SMILES string of the molecule is CC(=O)Nc1ccn([C@]2(C(C)(C)C)O[C@H](C(O)=[SiH2])[C@@H](O)[C@]2(O)C(C)(C)C)c(=O)n1. The van der Waals surface area contributed by atoms with Crippen molar-refractivity contribution in [3.05, 3.63) is 22.7 Å². The topological polar surface area (TPSA) is 134 Å². The lowest BCUT2D eigenvalue weighted by molar-refractivity contribution is -0.280. The van der Waals surface area contributed by atoms with Crippen LogP contribution in [0.25, 0.3) is 0 Å². The molecule has 1 saturated heterocycles. The second-order valence-corrected chi connectivity index (χ2v) is 10.3. The minimum atomic E-state index is -1.99. The Morgan fingerprint density at radius 3 is 2.21 bits per heavy atom. The number of rotatable bonds is 3. The van der Waals surface area contributed by atoms with Crippen molar-refractivity contribution < 1.29 is 24.9 Å². The Kier molecular flexibility index (Phi) is 5.74. The summed E-state index contributed by atoms with van der Waals surface area (Å²) in [6.07, 6.45) is -1.35. The van der Waals surface area contributed by atoms with Crippen molar-refractivity contribution in [2.24, 2.45) is 10.8 Å². The summed E-state index contributed by atoms with van der Waals surface area (Å²) in [5.74, 6) is -0.325. The number of carbonyl (C=O) groups is 1. The van der Waals surface area contributed by atoms with Gasteiger partial charge in [-0.05, 0) is 11.5 Å². The molecule has 1 aromatic heterocycles. The molecule has 9 nitrogen and oxygen atoms in total. The van der Waals surface area contributed by atoms with Gasteiger partial charge in [0.2, 0.25) is 5.91 Å². The molecule has 1 aromatic rings. The number of ether oxygens (including phenoxy) is 1. The number of hydrogen-bond acceptors (Lipinski definition) is 7. The maximum Gasteiger partial charge on any atom is 0.351 e. The van der Waals surface area contributed by atoms with Crippen LogP contribution in [0.1, 0.15) is 48.5 Å². The molecular formula is C19H31N3O6Si. The molecule has 1 aliphatic rings. The fourth-order valence-corrected chi connectivity index (χ4v) is 4.51. The first-order valence-electron chi connectivity index (χ1n) is 9.34. The van der Waals surface area contributed by atoms with Gasteiger partial charge < -0.3 is 25.4 Å². The number of nitrogens with zero attached hydrogens (tertiary/aromatic N) is 2. The molecular weight excluding hydrogens is 394 g/mol. The molecule has 0 bridgehead atoms. The van der Waals surface area contributed by atoms with Crippen molar-refractivity contribution in [3.8, 4) is 0 Å². The average molecular weight is 426 g/mol. The molecule has 2 heterocycles. The van der Waals surface area contributed by atoms with E-state index in [2.05, 4.69) is 10.3 Å². The zero-order chi connectivity index (χ0) is 22.6. The van der Waals surface area contributed by atoms with Crippen LogP contribution in [-0.2, 0) is 15.3 Å². The molecule has 1 fully saturated rings. The van der Waals surface area contributed by atoms with Gasteiger partial charge in [0.1, 0.15) is 23.6 Å². The van der Waals surface area contributed by atoms with E-state index in [1.165, 1.54) is 19.2 Å². The maximum atomic E-state index is 13.0. The van der Waals surface area contributed by atoms with Gasteiger partial charge in [-0.15, -0.1) is 0 Å². The van der Waals surface area contributed by atoms with Crippen molar-refractivity contribution in [3.63, 3.8) is 0 Å². The highest BCUT2D eigenvalue weighted by atomic mass is 28.1. The highest BCUT2D eigenvalue weighted by Crippen LogP contribution is 2.59. The summed E-state index contributed by atoms with van der Waals surface area (Å²) in [4.78, 5) is 28.2. The fraction of sp³-hybridized carbons (Fsp3) is 0.684. The molecule has 4 N–H and O–H groups in total. The van der Waals surface area contributed by atoms with Gasteiger partial charge in [0.15, 0.2) is 5.72 Å². The van der Waals surface area contributed by atoms with Crippen LogP contribution >= 0.6 is 0 Å². The van der Waals surface area contributed by atoms with Crippen LogP contribution < -0.4 is 11.0 Å². The largest absolute Gasteiger partial charge is 0.516 e. The standard InChI is InChI=1S/C19H31N3O6Si/c1-10(23)20-11-8-9-22(15(26)21-11)19(17(5,6)7)18(27,16(2,3)4)13(24)12(28-19)14(25)29/h8-9,12-13,24-25,27H,29H2,1-7H3,(H,20,21,23,26)/t12-,13+,18-,19+/m0/s1. The Morgan fingerprint density at radius 1 is 1.28 bits per heavy atom. The van der Waals surface area contributed by atoms with Crippen molar-refractivity contribution >= 4 is 26.9 Å². The molecule has 0 aliphatic carbocycles. The Hall–Kier alpha value is -1.88. The van der Waals surface area contributed by atoms with E-state index in [4.69, 9.17) is 4.74 Å². The van der Waals surface area contributed by atoms with Crippen molar-refractivity contribution in [2.45, 2.75) is 72.0 Å². The molecule has 4 atom stereocenters. The average Bonchev–Trinajstić information content (AvgIpc) is 2.77. The summed E-state index contributed by atoms with van der Waals surface area (Å²) in [5.41, 5.74) is -6.44. The van der Waals surface area contributed by atoms with Crippen LogP contribution in [0.5, 0.6) is 0 Å². The lowest BCUT2D eigenvalue weighted by atomic mass is 9.60. The lowest BCUT2D eigenvalue weighted by Crippen LogP contribution is -2.70. The van der Waals surface area contributed by atoms with Gasteiger partial charge in [0, 0.05) is 28.4 Å². The third kappa shape index (κ3) is 3.37. The van der Waals surface area contributed by atoms with E-state index in [-0.39, 0.29) is 17.1 Å². The summed E-state index contributed by atoms with van der Waals surface area (Å²) in [6, 6.07) is 1.42. The van der Waals surface area contributed by atoms with Gasteiger partial charge >= 0.3 is 5.69 Å². The van der Waals surface area contributed by atoms with Crippen molar-refractivity contribution in [1.29, 1.82) is 0 Å². The highest BCUT2D eigenvalue weighted by molar-refractivity contribution is 6.35. The molecule has 29 heavy (non-hydrogen) atoms. The molecule has 10 heteroatoms. The van der Waals surface area contributed by atoms with E-state index in [0.717, 1.165) is 14.4 Å². The maximum absolute atomic E-state index is 13.0. The van der Waals surface area contributed by atoms with Crippen LogP contribution in [-0.4, -0.2) is 63.8 Å². The van der Waals surface area contributed by atoms with Gasteiger partial charge in [-0.1, -0.05) is 41.5 Å². The third-order valence-corrected chi connectivity index (χ3v) is 5.87. The molecule has 0 unspecified atom stereocenters. The van der Waals surface area contributed by atoms with Crippen LogP contribution in [0, 0.1) is 10.8 Å². The predicted octanol–water partition coefficient (Wildman–Crippen LogP) is -0.427. The molecule has 0 radical (unpaired) electrons. The van der Waals surface area contributed by atoms with Gasteiger partial charge in [0.25, 0.3) is 0 Å². The van der Waals surface area contributed by atoms with Gasteiger partial charge in [-0.2, -0.15) is 4.98 Å². The van der Waals surface area contributed by atoms with Crippen molar-refractivity contribution in [2.75, 3.05) is 5.32 Å². The minimum Gasteiger partial charge on any atom is -0.516 e. The molecule has 2 rings (SSSR count). The monoisotopic (exact) mass is 425 g/mol. The summed E-state index contributed by atoms with van der Waals surface area (Å²) in [5, 5.41) is 35.5. The van der Waals surface area contributed by atoms with Gasteiger partial charge in [0.05, 0.1) is 5.35 Å². The number of aliphatic hydroxyl groups is 3. The second-order valence-electron chi connectivity index (χ2n) is 9.53. The molecule has 162 valence electrons. The van der Waals surface area contributed by atoms with E-state index in [9.17, 15) is 24.9 Å². The summed E-state index contributed by atoms with van der Waals surface area (Å²) in [6.45, 7) is 11.8. The quantitative estimate of drug-likeness (QED) is 0.483. The number of amides is 1. The highest BCUT2D eigenvalue weighted by Gasteiger charge is 2.75. The lowest BCUT2D eigenvalue weighted by Gasteiger charge is -2.55. The smallest absolute Gasteiger partial charge is 0.351 e. The summed E-state index contributed by atoms with van der Waals surface area (Å²) >= 11 is 0. The van der Waals surface area contributed by atoms with Crippen molar-refractivity contribution in [1.82, 2.24) is 9.55 Å². The van der Waals surface area contributed by atoms with E-state index in [1.807, 2.05) is 0 Å². The van der Waals surface area contributed by atoms with Crippen LogP contribution in [0.4, 0.5) is 5.82 Å². The number of carbonyl (C=O) groups excluding carboxylic acids is 1. The fourth-order valence-electron chi connectivity index (χ4n) is 4.20. The van der Waals surface area contributed by atoms with E-state index in [1.54, 1.807) is 41.5 Å². The Morgan fingerprint density at radius 2 is 1.83 bits per heavy atom. The second kappa shape index (κ2) is 7.12. The number of anilines is 1. The first-order valence-corrected chi connectivity index (χ1v) is 10.0. The zero-order valence-corrected chi connectivity index (χ0v) is 19.4.